The molecule has 0 spiro atoms. The Morgan fingerprint density at radius 3 is 2.67 bits per heavy atom. The van der Waals surface area contributed by atoms with Crippen LogP contribution in [0, 0.1) is 17.8 Å². The highest BCUT2D eigenvalue weighted by Gasteiger charge is 2.32. The highest BCUT2D eigenvalue weighted by molar-refractivity contribution is 5.51. The number of rotatable bonds is 5. The second kappa shape index (κ2) is 7.65. The molecule has 1 N–H and O–H groups in total. The molecule has 0 unspecified atom stereocenters. The summed E-state index contributed by atoms with van der Waals surface area (Å²) in [5, 5.41) is 3.22. The van der Waals surface area contributed by atoms with Gasteiger partial charge in [0, 0.05) is 12.3 Å². The van der Waals surface area contributed by atoms with Gasteiger partial charge in [0.05, 0.1) is 0 Å². The van der Waals surface area contributed by atoms with Crippen LogP contribution < -0.4 is 10.1 Å². The minimum absolute atomic E-state index is 0.256. The monoisotopic (exact) mass is 325 g/mol. The molecular weight excluding hydrogens is 298 g/mol. The predicted molar refractivity (Wildman–Crippen MR) is 97.5 cm³/mol. The van der Waals surface area contributed by atoms with Gasteiger partial charge < -0.3 is 10.1 Å². The van der Waals surface area contributed by atoms with E-state index in [1.165, 1.54) is 12.8 Å². The summed E-state index contributed by atoms with van der Waals surface area (Å²) in [7, 11) is 0. The number of ether oxygens (including phenoxy) is 1. The van der Waals surface area contributed by atoms with Crippen molar-refractivity contribution in [2.75, 3.05) is 5.32 Å². The number of pyridine rings is 2. The molecule has 0 bridgehead atoms. The summed E-state index contributed by atoms with van der Waals surface area (Å²) in [6.45, 7) is 6.91. The lowest BCUT2D eigenvalue weighted by atomic mass is 9.75. The second-order valence-electron chi connectivity index (χ2n) is 7.18. The topological polar surface area (TPSA) is 47.0 Å². The van der Waals surface area contributed by atoms with Crippen molar-refractivity contribution in [3.8, 4) is 5.88 Å². The number of nitrogens with zero attached hydrogens (tertiary/aromatic N) is 2. The maximum absolute atomic E-state index is 6.31. The van der Waals surface area contributed by atoms with E-state index in [0.29, 0.717) is 17.7 Å². The summed E-state index contributed by atoms with van der Waals surface area (Å²) in [6, 6.07) is 11.6. The van der Waals surface area contributed by atoms with Crippen molar-refractivity contribution in [2.24, 2.45) is 17.8 Å². The van der Waals surface area contributed by atoms with E-state index < -0.39 is 0 Å². The van der Waals surface area contributed by atoms with E-state index in [4.69, 9.17) is 4.74 Å². The Morgan fingerprint density at radius 1 is 1.08 bits per heavy atom. The third-order valence-corrected chi connectivity index (χ3v) is 4.88. The van der Waals surface area contributed by atoms with Crippen molar-refractivity contribution < 1.29 is 4.74 Å². The van der Waals surface area contributed by atoms with Crippen LogP contribution in [0.3, 0.4) is 0 Å². The first-order valence-electron chi connectivity index (χ1n) is 8.93. The average Bonchev–Trinajstić information content (AvgIpc) is 2.56. The Morgan fingerprint density at radius 2 is 1.92 bits per heavy atom. The molecule has 0 amide bonds. The molecule has 0 aromatic carbocycles. The first-order valence-corrected chi connectivity index (χ1v) is 8.93. The zero-order valence-electron chi connectivity index (χ0n) is 14.8. The van der Waals surface area contributed by atoms with E-state index in [1.807, 2.05) is 36.4 Å². The molecule has 1 fully saturated rings. The maximum Gasteiger partial charge on any atom is 0.215 e. The quantitative estimate of drug-likeness (QED) is 0.834. The van der Waals surface area contributed by atoms with Crippen LogP contribution in [0.15, 0.2) is 42.6 Å². The lowest BCUT2D eigenvalue weighted by Crippen LogP contribution is -2.36. The van der Waals surface area contributed by atoms with Crippen LogP contribution in [0.25, 0.3) is 0 Å². The molecule has 0 saturated heterocycles. The number of aromatic nitrogens is 2. The van der Waals surface area contributed by atoms with Gasteiger partial charge in [-0.3, -0.25) is 0 Å². The zero-order valence-corrected chi connectivity index (χ0v) is 14.8. The van der Waals surface area contributed by atoms with Gasteiger partial charge in [-0.15, -0.1) is 0 Å². The number of hydrogen-bond donors (Lipinski definition) is 1. The minimum Gasteiger partial charge on any atom is -0.474 e. The Bertz CT molecular complexity index is 644. The van der Waals surface area contributed by atoms with Gasteiger partial charge in [-0.05, 0) is 48.8 Å². The third kappa shape index (κ3) is 4.25. The van der Waals surface area contributed by atoms with Gasteiger partial charge in [0.2, 0.25) is 5.88 Å². The molecule has 3 atom stereocenters. The Balaban J connectivity index is 1.71. The van der Waals surface area contributed by atoms with Crippen LogP contribution in [-0.2, 0) is 0 Å². The van der Waals surface area contributed by atoms with Crippen molar-refractivity contribution in [3.05, 3.63) is 42.6 Å². The van der Waals surface area contributed by atoms with E-state index in [9.17, 15) is 0 Å². The molecule has 3 rings (SSSR count). The smallest absolute Gasteiger partial charge is 0.215 e. The summed E-state index contributed by atoms with van der Waals surface area (Å²) in [6.07, 6.45) is 5.68. The highest BCUT2D eigenvalue weighted by Crippen LogP contribution is 2.35. The van der Waals surface area contributed by atoms with Gasteiger partial charge >= 0.3 is 0 Å². The van der Waals surface area contributed by atoms with Gasteiger partial charge in [0.1, 0.15) is 17.7 Å². The molecule has 2 aromatic heterocycles. The fourth-order valence-electron chi connectivity index (χ4n) is 3.52. The first kappa shape index (κ1) is 16.7. The fourth-order valence-corrected chi connectivity index (χ4v) is 3.52. The molecule has 2 aromatic rings. The van der Waals surface area contributed by atoms with Gasteiger partial charge in [-0.25, -0.2) is 4.98 Å². The Hall–Kier alpha value is -2.10. The van der Waals surface area contributed by atoms with E-state index in [2.05, 4.69) is 36.1 Å². The molecule has 24 heavy (non-hydrogen) atoms. The standard InChI is InChI=1S/C20H27N3O/c1-14(2)16-11-10-15(3)13-17(16)24-20-9-6-8-19(23-20)22-18-7-4-5-12-21-18/h4-9,12,14-17H,10-11,13H2,1-3H3,(H,21,22,23)/t15-,16+,17-/m0/s1. The van der Waals surface area contributed by atoms with Crippen LogP contribution >= 0.6 is 0 Å². The normalized spacial score (nSPS) is 23.9. The highest BCUT2D eigenvalue weighted by atomic mass is 16.5. The summed E-state index contributed by atoms with van der Waals surface area (Å²) in [5.74, 6) is 4.21. The molecule has 128 valence electrons. The van der Waals surface area contributed by atoms with E-state index in [1.54, 1.807) is 6.20 Å². The van der Waals surface area contributed by atoms with Crippen LogP contribution in [0.1, 0.15) is 40.0 Å². The molecule has 0 radical (unpaired) electrons. The first-order chi connectivity index (χ1) is 11.6. The van der Waals surface area contributed by atoms with Gasteiger partial charge in [0.25, 0.3) is 0 Å². The maximum atomic E-state index is 6.31. The number of hydrogen-bond acceptors (Lipinski definition) is 4. The fraction of sp³-hybridized carbons (Fsp3) is 0.500. The summed E-state index contributed by atoms with van der Waals surface area (Å²) in [4.78, 5) is 8.88. The zero-order chi connectivity index (χ0) is 16.9. The van der Waals surface area contributed by atoms with Crippen LogP contribution in [0.4, 0.5) is 11.6 Å². The molecule has 1 saturated carbocycles. The van der Waals surface area contributed by atoms with Gasteiger partial charge in [-0.2, -0.15) is 4.98 Å². The van der Waals surface area contributed by atoms with Crippen molar-refractivity contribution in [1.29, 1.82) is 0 Å². The molecule has 0 aliphatic heterocycles. The number of anilines is 2. The van der Waals surface area contributed by atoms with Crippen LogP contribution in [0.2, 0.25) is 0 Å². The molecule has 1 aliphatic carbocycles. The number of nitrogens with one attached hydrogen (secondary N) is 1. The lowest BCUT2D eigenvalue weighted by Gasteiger charge is -2.37. The summed E-state index contributed by atoms with van der Waals surface area (Å²) < 4.78 is 6.31. The van der Waals surface area contributed by atoms with Gasteiger partial charge in [0.15, 0.2) is 0 Å². The van der Waals surface area contributed by atoms with Crippen LogP contribution in [0.5, 0.6) is 5.88 Å². The van der Waals surface area contributed by atoms with Crippen molar-refractivity contribution in [2.45, 2.75) is 46.1 Å². The second-order valence-corrected chi connectivity index (χ2v) is 7.18. The molecule has 4 heteroatoms. The summed E-state index contributed by atoms with van der Waals surface area (Å²) in [5.41, 5.74) is 0. The lowest BCUT2D eigenvalue weighted by molar-refractivity contribution is 0.0428. The molecule has 4 nitrogen and oxygen atoms in total. The Kier molecular flexibility index (Phi) is 5.34. The van der Waals surface area contributed by atoms with Crippen molar-refractivity contribution in [3.63, 3.8) is 0 Å². The largest absolute Gasteiger partial charge is 0.474 e. The van der Waals surface area contributed by atoms with Crippen molar-refractivity contribution in [1.82, 2.24) is 9.97 Å². The van der Waals surface area contributed by atoms with E-state index >= 15 is 0 Å². The minimum atomic E-state index is 0.256. The van der Waals surface area contributed by atoms with Gasteiger partial charge in [-0.1, -0.05) is 39.3 Å². The average molecular weight is 325 g/mol. The Labute approximate surface area is 144 Å². The SMILES string of the molecule is CC(C)[C@H]1CC[C@H](C)C[C@@H]1Oc1cccc(Nc2ccccn2)n1. The predicted octanol–water partition coefficient (Wildman–Crippen LogP) is 5.06. The van der Waals surface area contributed by atoms with E-state index in [-0.39, 0.29) is 6.10 Å². The van der Waals surface area contributed by atoms with E-state index in [0.717, 1.165) is 24.0 Å². The summed E-state index contributed by atoms with van der Waals surface area (Å²) >= 11 is 0. The van der Waals surface area contributed by atoms with Crippen molar-refractivity contribution >= 4 is 11.6 Å². The molecule has 2 heterocycles. The van der Waals surface area contributed by atoms with Crippen LogP contribution in [-0.4, -0.2) is 16.1 Å². The molecule has 1 aliphatic rings. The molecular formula is C20H27N3O. The third-order valence-electron chi connectivity index (χ3n) is 4.88.